The standard InChI is InChI=1S/C21H28N6O2.HI/c1-22-21(25-12-13-6-7-23-16(10-13)26(2)3)24-8-9-27-19(28)17-14-4-5-15(11-14)18(17)20(27)29;/h4-7,10,14-15,17-18H,8-9,11-12H2,1-3H3,(H2,22,24,25);1H. The van der Waals surface area contributed by atoms with E-state index in [0.717, 1.165) is 17.8 Å². The van der Waals surface area contributed by atoms with E-state index in [1.165, 1.54) is 4.90 Å². The van der Waals surface area contributed by atoms with E-state index >= 15 is 0 Å². The Labute approximate surface area is 194 Å². The third-order valence-corrected chi connectivity index (χ3v) is 6.14. The molecule has 8 nitrogen and oxygen atoms in total. The highest BCUT2D eigenvalue weighted by Gasteiger charge is 2.58. The third kappa shape index (κ3) is 4.17. The Morgan fingerprint density at radius 3 is 2.47 bits per heavy atom. The fraction of sp³-hybridized carbons (Fsp3) is 0.524. The predicted molar refractivity (Wildman–Crippen MR) is 127 cm³/mol. The van der Waals surface area contributed by atoms with Gasteiger partial charge in [-0.25, -0.2) is 4.98 Å². The molecule has 2 fully saturated rings. The lowest BCUT2D eigenvalue weighted by Crippen LogP contribution is -2.43. The average Bonchev–Trinajstić information content (AvgIpc) is 3.40. The third-order valence-electron chi connectivity index (χ3n) is 6.14. The number of hydrogen-bond acceptors (Lipinski definition) is 5. The van der Waals surface area contributed by atoms with E-state index in [9.17, 15) is 9.59 Å². The second-order valence-corrected chi connectivity index (χ2v) is 8.10. The molecule has 162 valence electrons. The summed E-state index contributed by atoms with van der Waals surface area (Å²) in [5, 5.41) is 6.46. The van der Waals surface area contributed by atoms with Crippen LogP contribution in [0.5, 0.6) is 0 Å². The van der Waals surface area contributed by atoms with Crippen molar-refractivity contribution in [3.05, 3.63) is 36.0 Å². The number of carbonyl (C=O) groups excluding carboxylic acids is 2. The van der Waals surface area contributed by atoms with Gasteiger partial charge < -0.3 is 15.5 Å². The number of fused-ring (bicyclic) bond motifs is 5. The second kappa shape index (κ2) is 9.32. The first-order valence-corrected chi connectivity index (χ1v) is 10.1. The molecule has 9 heteroatoms. The van der Waals surface area contributed by atoms with Crippen LogP contribution in [-0.4, -0.2) is 61.9 Å². The largest absolute Gasteiger partial charge is 0.363 e. The Hall–Kier alpha value is -2.17. The molecule has 1 aromatic heterocycles. The highest BCUT2D eigenvalue weighted by Crippen LogP contribution is 2.52. The number of pyridine rings is 1. The van der Waals surface area contributed by atoms with E-state index in [4.69, 9.17) is 0 Å². The van der Waals surface area contributed by atoms with E-state index in [-0.39, 0.29) is 59.5 Å². The minimum atomic E-state index is -0.132. The zero-order chi connectivity index (χ0) is 20.5. The minimum absolute atomic E-state index is 0. The lowest BCUT2D eigenvalue weighted by Gasteiger charge is -2.19. The average molecular weight is 524 g/mol. The number of aromatic nitrogens is 1. The summed E-state index contributed by atoms with van der Waals surface area (Å²) < 4.78 is 0. The summed E-state index contributed by atoms with van der Waals surface area (Å²) in [6.07, 6.45) is 6.97. The molecule has 0 aromatic carbocycles. The first-order chi connectivity index (χ1) is 14.0. The highest BCUT2D eigenvalue weighted by atomic mass is 127. The van der Waals surface area contributed by atoms with Crippen LogP contribution >= 0.6 is 24.0 Å². The predicted octanol–water partition coefficient (Wildman–Crippen LogP) is 1.24. The minimum Gasteiger partial charge on any atom is -0.363 e. The van der Waals surface area contributed by atoms with Crippen molar-refractivity contribution in [3.63, 3.8) is 0 Å². The number of aliphatic imine (C=N–C) groups is 1. The van der Waals surface area contributed by atoms with Gasteiger partial charge >= 0.3 is 0 Å². The number of amides is 2. The fourth-order valence-electron chi connectivity index (χ4n) is 4.69. The topological polar surface area (TPSA) is 89.9 Å². The van der Waals surface area contributed by atoms with Crippen molar-refractivity contribution in [2.45, 2.75) is 13.0 Å². The maximum atomic E-state index is 12.7. The smallest absolute Gasteiger partial charge is 0.233 e. The van der Waals surface area contributed by atoms with E-state index < -0.39 is 0 Å². The number of nitrogens with one attached hydrogen (secondary N) is 2. The summed E-state index contributed by atoms with van der Waals surface area (Å²) >= 11 is 0. The number of rotatable bonds is 6. The number of hydrogen-bond donors (Lipinski definition) is 2. The number of imide groups is 1. The monoisotopic (exact) mass is 524 g/mol. The number of anilines is 1. The number of allylic oxidation sites excluding steroid dienone is 2. The van der Waals surface area contributed by atoms with E-state index in [1.807, 2.05) is 31.1 Å². The van der Waals surface area contributed by atoms with Crippen LogP contribution < -0.4 is 15.5 Å². The molecule has 3 aliphatic rings. The number of guanidine groups is 1. The summed E-state index contributed by atoms with van der Waals surface area (Å²) in [7, 11) is 5.61. The summed E-state index contributed by atoms with van der Waals surface area (Å²) in [5.41, 5.74) is 1.09. The van der Waals surface area contributed by atoms with E-state index in [0.29, 0.717) is 25.6 Å². The molecule has 1 aliphatic heterocycles. The van der Waals surface area contributed by atoms with Crippen molar-refractivity contribution in [2.24, 2.45) is 28.7 Å². The summed E-state index contributed by atoms with van der Waals surface area (Å²) in [6.45, 7) is 1.44. The summed E-state index contributed by atoms with van der Waals surface area (Å²) in [6, 6.07) is 3.97. The quantitative estimate of drug-likeness (QED) is 0.192. The Kier molecular flexibility index (Phi) is 6.99. The van der Waals surface area contributed by atoms with Crippen molar-refractivity contribution in [1.29, 1.82) is 0 Å². The molecule has 2 bridgehead atoms. The maximum Gasteiger partial charge on any atom is 0.233 e. The molecular weight excluding hydrogens is 495 g/mol. The molecule has 2 amide bonds. The van der Waals surface area contributed by atoms with Gasteiger partial charge in [-0.3, -0.25) is 19.5 Å². The molecule has 2 aliphatic carbocycles. The number of carbonyl (C=O) groups is 2. The van der Waals surface area contributed by atoms with Gasteiger partial charge in [0.05, 0.1) is 11.8 Å². The molecule has 0 spiro atoms. The van der Waals surface area contributed by atoms with Crippen molar-refractivity contribution < 1.29 is 9.59 Å². The molecule has 30 heavy (non-hydrogen) atoms. The van der Waals surface area contributed by atoms with Crippen LogP contribution in [0.25, 0.3) is 0 Å². The molecule has 4 rings (SSSR count). The van der Waals surface area contributed by atoms with Gasteiger partial charge in [0.15, 0.2) is 5.96 Å². The van der Waals surface area contributed by atoms with Gasteiger partial charge in [-0.15, -0.1) is 24.0 Å². The second-order valence-electron chi connectivity index (χ2n) is 8.10. The van der Waals surface area contributed by atoms with Crippen LogP contribution in [0.1, 0.15) is 12.0 Å². The highest BCUT2D eigenvalue weighted by molar-refractivity contribution is 14.0. The first-order valence-electron chi connectivity index (χ1n) is 10.1. The number of nitrogens with zero attached hydrogens (tertiary/aromatic N) is 4. The van der Waals surface area contributed by atoms with Crippen LogP contribution in [0.4, 0.5) is 5.82 Å². The molecule has 1 aromatic rings. The van der Waals surface area contributed by atoms with Gasteiger partial charge in [-0.1, -0.05) is 12.2 Å². The van der Waals surface area contributed by atoms with Crippen LogP contribution in [0.2, 0.25) is 0 Å². The van der Waals surface area contributed by atoms with Crippen LogP contribution in [-0.2, 0) is 16.1 Å². The van der Waals surface area contributed by atoms with E-state index in [2.05, 4.69) is 32.8 Å². The van der Waals surface area contributed by atoms with Gasteiger partial charge in [0, 0.05) is 47.0 Å². The Balaban J connectivity index is 0.00000256. The van der Waals surface area contributed by atoms with Crippen LogP contribution in [0, 0.1) is 23.7 Å². The van der Waals surface area contributed by atoms with Gasteiger partial charge in [0.25, 0.3) is 0 Å². The number of halogens is 1. The molecule has 2 N–H and O–H groups in total. The fourth-order valence-corrected chi connectivity index (χ4v) is 4.69. The van der Waals surface area contributed by atoms with Gasteiger partial charge in [-0.2, -0.15) is 0 Å². The molecule has 4 atom stereocenters. The molecular formula is C21H29IN6O2. The van der Waals surface area contributed by atoms with Gasteiger partial charge in [0.1, 0.15) is 5.82 Å². The van der Waals surface area contributed by atoms with Gasteiger partial charge in [-0.05, 0) is 36.0 Å². The molecule has 1 saturated heterocycles. The first kappa shape index (κ1) is 22.5. The van der Waals surface area contributed by atoms with Crippen molar-refractivity contribution in [3.8, 4) is 0 Å². The maximum absolute atomic E-state index is 12.7. The Bertz CT molecular complexity index is 841. The normalized spacial score (nSPS) is 26.6. The Morgan fingerprint density at radius 2 is 1.87 bits per heavy atom. The molecule has 1 saturated carbocycles. The van der Waals surface area contributed by atoms with Crippen molar-refractivity contribution >= 4 is 47.6 Å². The molecule has 0 radical (unpaired) electrons. The molecule has 2 heterocycles. The SMILES string of the molecule is CN=C(NCCN1C(=O)C2C3C=CC(C3)C2C1=O)NCc1ccnc(N(C)C)c1.I. The zero-order valence-corrected chi connectivity index (χ0v) is 19.9. The van der Waals surface area contributed by atoms with Crippen LogP contribution in [0.15, 0.2) is 35.5 Å². The summed E-state index contributed by atoms with van der Waals surface area (Å²) in [5.74, 6) is 1.76. The lowest BCUT2D eigenvalue weighted by atomic mass is 9.85. The van der Waals surface area contributed by atoms with E-state index in [1.54, 1.807) is 13.2 Å². The van der Waals surface area contributed by atoms with Gasteiger partial charge in [0.2, 0.25) is 11.8 Å². The zero-order valence-electron chi connectivity index (χ0n) is 17.5. The van der Waals surface area contributed by atoms with Crippen LogP contribution in [0.3, 0.4) is 0 Å². The van der Waals surface area contributed by atoms with Crippen molar-refractivity contribution in [2.75, 3.05) is 39.1 Å². The summed E-state index contributed by atoms with van der Waals surface area (Å²) in [4.78, 5) is 37.4. The number of likely N-dealkylation sites (tertiary alicyclic amines) is 1. The van der Waals surface area contributed by atoms with Crippen molar-refractivity contribution in [1.82, 2.24) is 20.5 Å². The Morgan fingerprint density at radius 1 is 1.20 bits per heavy atom. The lowest BCUT2D eigenvalue weighted by molar-refractivity contribution is -0.140. The molecule has 4 unspecified atom stereocenters.